The molecule has 0 aliphatic heterocycles. The highest BCUT2D eigenvalue weighted by Crippen LogP contribution is 2.18. The fourth-order valence-electron chi connectivity index (χ4n) is 1.56. The summed E-state index contributed by atoms with van der Waals surface area (Å²) in [6, 6.07) is 0. The van der Waals surface area contributed by atoms with Crippen molar-refractivity contribution < 1.29 is 14.3 Å². The van der Waals surface area contributed by atoms with Gasteiger partial charge in [0.2, 0.25) is 0 Å². The van der Waals surface area contributed by atoms with Gasteiger partial charge in [-0.05, 0) is 26.3 Å². The SMILES string of the molecule is CCOC(=O)c1c(C)[nH]c(C(=O)NN)c1C. The van der Waals surface area contributed by atoms with Gasteiger partial charge in [-0.1, -0.05) is 0 Å². The Labute approximate surface area is 93.1 Å². The van der Waals surface area contributed by atoms with Crippen molar-refractivity contribution in [3.63, 3.8) is 0 Å². The first-order valence-electron chi connectivity index (χ1n) is 4.90. The maximum absolute atomic E-state index is 11.6. The first kappa shape index (κ1) is 12.3. The lowest BCUT2D eigenvalue weighted by molar-refractivity contribution is 0.0525. The van der Waals surface area contributed by atoms with E-state index in [0.29, 0.717) is 23.4 Å². The van der Waals surface area contributed by atoms with Crippen LogP contribution in [0.4, 0.5) is 0 Å². The van der Waals surface area contributed by atoms with Crippen LogP contribution in [-0.2, 0) is 4.74 Å². The van der Waals surface area contributed by atoms with E-state index >= 15 is 0 Å². The Morgan fingerprint density at radius 1 is 1.44 bits per heavy atom. The number of ether oxygens (including phenoxy) is 1. The van der Waals surface area contributed by atoms with Crippen LogP contribution in [0.5, 0.6) is 0 Å². The Kier molecular flexibility index (Phi) is 3.68. The van der Waals surface area contributed by atoms with Crippen molar-refractivity contribution >= 4 is 11.9 Å². The normalized spacial score (nSPS) is 10.0. The number of H-pyrrole nitrogens is 1. The zero-order valence-corrected chi connectivity index (χ0v) is 9.51. The molecule has 0 saturated heterocycles. The molecule has 6 nitrogen and oxygen atoms in total. The van der Waals surface area contributed by atoms with Gasteiger partial charge in [0, 0.05) is 5.69 Å². The zero-order chi connectivity index (χ0) is 12.3. The number of hydrogen-bond donors (Lipinski definition) is 3. The van der Waals surface area contributed by atoms with Crippen molar-refractivity contribution in [3.05, 3.63) is 22.5 Å². The quantitative estimate of drug-likeness (QED) is 0.300. The second-order valence-corrected chi connectivity index (χ2v) is 3.32. The van der Waals surface area contributed by atoms with Crippen molar-refractivity contribution in [1.82, 2.24) is 10.4 Å². The minimum Gasteiger partial charge on any atom is -0.462 e. The molecule has 0 aromatic carbocycles. The van der Waals surface area contributed by atoms with E-state index in [9.17, 15) is 9.59 Å². The third-order valence-electron chi connectivity index (χ3n) is 2.28. The van der Waals surface area contributed by atoms with E-state index in [2.05, 4.69) is 4.98 Å². The number of esters is 1. The average molecular weight is 225 g/mol. The van der Waals surface area contributed by atoms with Gasteiger partial charge < -0.3 is 9.72 Å². The summed E-state index contributed by atoms with van der Waals surface area (Å²) in [5, 5.41) is 0. The van der Waals surface area contributed by atoms with Crippen molar-refractivity contribution in [2.75, 3.05) is 6.61 Å². The van der Waals surface area contributed by atoms with Crippen LogP contribution in [0.1, 0.15) is 39.0 Å². The first-order valence-corrected chi connectivity index (χ1v) is 4.90. The predicted octanol–water partition coefficient (Wildman–Crippen LogP) is 0.412. The summed E-state index contributed by atoms with van der Waals surface area (Å²) in [4.78, 5) is 25.8. The van der Waals surface area contributed by atoms with Crippen LogP contribution in [0.25, 0.3) is 0 Å². The number of nitrogens with one attached hydrogen (secondary N) is 2. The number of carbonyl (C=O) groups is 2. The largest absolute Gasteiger partial charge is 0.462 e. The lowest BCUT2D eigenvalue weighted by Gasteiger charge is -2.02. The molecule has 0 radical (unpaired) electrons. The lowest BCUT2D eigenvalue weighted by Crippen LogP contribution is -2.30. The lowest BCUT2D eigenvalue weighted by atomic mass is 10.1. The third kappa shape index (κ3) is 2.06. The van der Waals surface area contributed by atoms with Gasteiger partial charge in [0.1, 0.15) is 5.69 Å². The number of aryl methyl sites for hydroxylation is 1. The van der Waals surface area contributed by atoms with Crippen molar-refractivity contribution in [1.29, 1.82) is 0 Å². The summed E-state index contributed by atoms with van der Waals surface area (Å²) in [5.41, 5.74) is 3.81. The third-order valence-corrected chi connectivity index (χ3v) is 2.28. The van der Waals surface area contributed by atoms with Gasteiger partial charge in [0.05, 0.1) is 12.2 Å². The van der Waals surface area contributed by atoms with Crippen LogP contribution in [-0.4, -0.2) is 23.5 Å². The number of aromatic amines is 1. The standard InChI is InChI=1S/C10H15N3O3/c1-4-16-10(15)7-5(2)8(9(14)13-11)12-6(7)3/h12H,4,11H2,1-3H3,(H,13,14). The monoisotopic (exact) mass is 225 g/mol. The fraction of sp³-hybridized carbons (Fsp3) is 0.400. The molecule has 6 heteroatoms. The number of carbonyl (C=O) groups excluding carboxylic acids is 2. The molecule has 1 heterocycles. The zero-order valence-electron chi connectivity index (χ0n) is 9.51. The summed E-state index contributed by atoms with van der Waals surface area (Å²) < 4.78 is 4.89. The molecule has 88 valence electrons. The minimum absolute atomic E-state index is 0.281. The van der Waals surface area contributed by atoms with Gasteiger partial charge in [-0.3, -0.25) is 10.2 Å². The van der Waals surface area contributed by atoms with Crippen molar-refractivity contribution in [3.8, 4) is 0 Å². The van der Waals surface area contributed by atoms with Crippen LogP contribution < -0.4 is 11.3 Å². The summed E-state index contributed by atoms with van der Waals surface area (Å²) in [6.45, 7) is 5.39. The Morgan fingerprint density at radius 3 is 2.56 bits per heavy atom. The number of hydrogen-bond acceptors (Lipinski definition) is 4. The molecular weight excluding hydrogens is 210 g/mol. The predicted molar refractivity (Wildman–Crippen MR) is 57.9 cm³/mol. The van der Waals surface area contributed by atoms with Crippen LogP contribution in [0.3, 0.4) is 0 Å². The van der Waals surface area contributed by atoms with Gasteiger partial charge >= 0.3 is 5.97 Å². The first-order chi connectivity index (χ1) is 7.52. The second kappa shape index (κ2) is 4.80. The molecule has 0 unspecified atom stereocenters. The molecule has 0 aliphatic carbocycles. The molecule has 0 spiro atoms. The number of amides is 1. The highest BCUT2D eigenvalue weighted by atomic mass is 16.5. The van der Waals surface area contributed by atoms with Crippen LogP contribution in [0.2, 0.25) is 0 Å². The van der Waals surface area contributed by atoms with E-state index in [4.69, 9.17) is 10.6 Å². The molecule has 4 N–H and O–H groups in total. The number of nitrogen functional groups attached to an aromatic ring is 1. The van der Waals surface area contributed by atoms with Crippen LogP contribution in [0.15, 0.2) is 0 Å². The van der Waals surface area contributed by atoms with E-state index in [1.165, 1.54) is 0 Å². The molecule has 0 saturated carbocycles. The summed E-state index contributed by atoms with van der Waals surface area (Å²) in [7, 11) is 0. The molecular formula is C10H15N3O3. The van der Waals surface area contributed by atoms with Gasteiger partial charge in [-0.25, -0.2) is 10.6 Å². The number of nitrogens with two attached hydrogens (primary N) is 1. The molecule has 16 heavy (non-hydrogen) atoms. The van der Waals surface area contributed by atoms with E-state index < -0.39 is 11.9 Å². The van der Waals surface area contributed by atoms with E-state index in [1.54, 1.807) is 20.8 Å². The van der Waals surface area contributed by atoms with Crippen molar-refractivity contribution in [2.24, 2.45) is 5.84 Å². The molecule has 1 rings (SSSR count). The number of rotatable bonds is 3. The Bertz CT molecular complexity index is 423. The Hall–Kier alpha value is -1.82. The van der Waals surface area contributed by atoms with Gasteiger partial charge in [-0.15, -0.1) is 0 Å². The molecule has 0 aliphatic rings. The fourth-order valence-corrected chi connectivity index (χ4v) is 1.56. The van der Waals surface area contributed by atoms with Gasteiger partial charge in [0.25, 0.3) is 5.91 Å². The molecule has 1 aromatic rings. The van der Waals surface area contributed by atoms with Crippen molar-refractivity contribution in [2.45, 2.75) is 20.8 Å². The maximum Gasteiger partial charge on any atom is 0.340 e. The Morgan fingerprint density at radius 2 is 2.06 bits per heavy atom. The highest BCUT2D eigenvalue weighted by molar-refractivity contribution is 6.00. The van der Waals surface area contributed by atoms with E-state index in [1.807, 2.05) is 5.43 Å². The molecule has 1 amide bonds. The Balaban J connectivity index is 3.17. The number of aromatic nitrogens is 1. The molecule has 0 bridgehead atoms. The molecule has 0 fully saturated rings. The smallest absolute Gasteiger partial charge is 0.340 e. The summed E-state index contributed by atoms with van der Waals surface area (Å²) >= 11 is 0. The molecule has 0 atom stereocenters. The minimum atomic E-state index is -0.462. The highest BCUT2D eigenvalue weighted by Gasteiger charge is 2.22. The summed E-state index contributed by atoms with van der Waals surface area (Å²) in [5.74, 6) is 4.13. The van der Waals surface area contributed by atoms with Gasteiger partial charge in [-0.2, -0.15) is 0 Å². The van der Waals surface area contributed by atoms with Gasteiger partial charge in [0.15, 0.2) is 0 Å². The number of hydrazine groups is 1. The van der Waals surface area contributed by atoms with E-state index in [0.717, 1.165) is 0 Å². The molecule has 1 aromatic heterocycles. The van der Waals surface area contributed by atoms with Crippen LogP contribution >= 0.6 is 0 Å². The average Bonchev–Trinajstić information content (AvgIpc) is 2.53. The van der Waals surface area contributed by atoms with E-state index in [-0.39, 0.29) is 5.69 Å². The topological polar surface area (TPSA) is 97.2 Å². The summed E-state index contributed by atoms with van der Waals surface area (Å²) in [6.07, 6.45) is 0. The maximum atomic E-state index is 11.6. The second-order valence-electron chi connectivity index (χ2n) is 3.32. The van der Waals surface area contributed by atoms with Crippen LogP contribution in [0, 0.1) is 13.8 Å².